The van der Waals surface area contributed by atoms with E-state index in [1.54, 1.807) is 28.1 Å². The van der Waals surface area contributed by atoms with Crippen LogP contribution in [0.5, 0.6) is 0 Å². The molecule has 0 amide bonds. The van der Waals surface area contributed by atoms with Crippen LogP contribution in [0.2, 0.25) is 0 Å². The fraction of sp³-hybridized carbons (Fsp3) is 0.909. The minimum atomic E-state index is -1.47. The van der Waals surface area contributed by atoms with E-state index >= 15 is 0 Å². The Morgan fingerprint density at radius 2 is 1.30 bits per heavy atom. The summed E-state index contributed by atoms with van der Waals surface area (Å²) in [6.45, 7) is 13.3. The summed E-state index contributed by atoms with van der Waals surface area (Å²) < 4.78 is 35.1. The van der Waals surface area contributed by atoms with Gasteiger partial charge in [-0.15, -0.1) is 0 Å². The highest BCUT2D eigenvalue weighted by Gasteiger charge is 2.69. The second-order valence-corrected chi connectivity index (χ2v) is 9.31. The van der Waals surface area contributed by atoms with Crippen LogP contribution in [0.4, 0.5) is 0 Å². The van der Waals surface area contributed by atoms with Gasteiger partial charge in [-0.3, -0.25) is 9.59 Å². The van der Waals surface area contributed by atoms with Crippen LogP contribution in [-0.2, 0) is 38.0 Å². The molecule has 0 aromatic rings. The van der Waals surface area contributed by atoms with Gasteiger partial charge in [-0.25, -0.2) is 0 Å². The molecule has 0 aromatic heterocycles. The molecule has 1 heterocycles. The summed E-state index contributed by atoms with van der Waals surface area (Å²) in [7, 11) is 3.23. The molecule has 0 unspecified atom stereocenters. The van der Waals surface area contributed by atoms with Gasteiger partial charge in [0, 0.05) is 26.6 Å². The first kappa shape index (κ1) is 25.0. The van der Waals surface area contributed by atoms with Crippen molar-refractivity contribution < 1.29 is 38.0 Å². The summed E-state index contributed by atoms with van der Waals surface area (Å²) in [4.78, 5) is 25.9. The Bertz CT molecular complexity index is 599. The topological polar surface area (TPSA) is 89.5 Å². The van der Waals surface area contributed by atoms with Gasteiger partial charge < -0.3 is 28.4 Å². The van der Waals surface area contributed by atoms with E-state index in [0.717, 1.165) is 0 Å². The second-order valence-electron chi connectivity index (χ2n) is 9.31. The molecule has 8 heteroatoms. The Balaban J connectivity index is 2.50. The molecule has 174 valence electrons. The molecule has 30 heavy (non-hydrogen) atoms. The standard InChI is InChI=1S/C22H38O8/c1-10-27-17(23)21(18(24)28-11-2)12-14(3)22(13-21)29-15(19(4,5)25-8)16(30-22)20(6,7)26-9/h14-16H,10-13H2,1-9H3/t14-,15-,16-/m1/s1. The van der Waals surface area contributed by atoms with Crippen LogP contribution in [-0.4, -0.2) is 68.6 Å². The maximum Gasteiger partial charge on any atom is 0.323 e. The Kier molecular flexibility index (Phi) is 7.29. The lowest BCUT2D eigenvalue weighted by Crippen LogP contribution is -2.53. The maximum absolute atomic E-state index is 13.0. The highest BCUT2D eigenvalue weighted by atomic mass is 16.8. The summed E-state index contributed by atoms with van der Waals surface area (Å²) in [6, 6.07) is 0. The predicted molar refractivity (Wildman–Crippen MR) is 109 cm³/mol. The third-order valence-electron chi connectivity index (χ3n) is 6.64. The SMILES string of the molecule is CCOC(=O)C1(C(=O)OCC)C[C@@H](C)C2(C1)O[C@@H](C(C)(C)OC)[C@H](C(C)(C)OC)O2. The molecule has 0 bridgehead atoms. The zero-order valence-corrected chi connectivity index (χ0v) is 19.8. The van der Waals surface area contributed by atoms with Crippen LogP contribution in [0.3, 0.4) is 0 Å². The molecule has 1 saturated carbocycles. The van der Waals surface area contributed by atoms with E-state index in [1.807, 2.05) is 34.6 Å². The molecule has 2 rings (SSSR count). The molecule has 0 aromatic carbocycles. The number of esters is 2. The first-order valence-corrected chi connectivity index (χ1v) is 10.7. The van der Waals surface area contributed by atoms with Crippen molar-refractivity contribution >= 4 is 11.9 Å². The highest BCUT2D eigenvalue weighted by molar-refractivity contribution is 6.00. The van der Waals surface area contributed by atoms with Gasteiger partial charge in [0.25, 0.3) is 0 Å². The molecule has 1 saturated heterocycles. The molecule has 8 nitrogen and oxygen atoms in total. The molecule has 2 fully saturated rings. The van der Waals surface area contributed by atoms with Gasteiger partial charge in [0.2, 0.25) is 0 Å². The molecule has 0 radical (unpaired) electrons. The third kappa shape index (κ3) is 4.11. The average Bonchev–Trinajstić information content (AvgIpc) is 3.23. The van der Waals surface area contributed by atoms with Crippen LogP contribution >= 0.6 is 0 Å². The molecule has 0 N–H and O–H groups in total. The Labute approximate surface area is 179 Å². The van der Waals surface area contributed by atoms with Crippen LogP contribution < -0.4 is 0 Å². The van der Waals surface area contributed by atoms with Crippen LogP contribution in [0, 0.1) is 11.3 Å². The lowest BCUT2D eigenvalue weighted by Gasteiger charge is -2.38. The molecule has 3 atom stereocenters. The number of rotatable bonds is 8. The van der Waals surface area contributed by atoms with Crippen molar-refractivity contribution in [2.75, 3.05) is 27.4 Å². The van der Waals surface area contributed by atoms with Gasteiger partial charge in [0.1, 0.15) is 12.2 Å². The molecular formula is C22H38O8. The highest BCUT2D eigenvalue weighted by Crippen LogP contribution is 2.57. The fourth-order valence-corrected chi connectivity index (χ4v) is 4.42. The number of carbonyl (C=O) groups is 2. The third-order valence-corrected chi connectivity index (χ3v) is 6.64. The number of hydrogen-bond donors (Lipinski definition) is 0. The van der Waals surface area contributed by atoms with Gasteiger partial charge >= 0.3 is 11.9 Å². The van der Waals surface area contributed by atoms with E-state index in [9.17, 15) is 9.59 Å². The quantitative estimate of drug-likeness (QED) is 0.429. The molecular weight excluding hydrogens is 392 g/mol. The van der Waals surface area contributed by atoms with Crippen LogP contribution in [0.25, 0.3) is 0 Å². The smallest absolute Gasteiger partial charge is 0.323 e. The monoisotopic (exact) mass is 430 g/mol. The number of hydrogen-bond acceptors (Lipinski definition) is 8. The van der Waals surface area contributed by atoms with Crippen molar-refractivity contribution in [2.24, 2.45) is 11.3 Å². The lowest BCUT2D eigenvalue weighted by atomic mass is 9.85. The van der Waals surface area contributed by atoms with Gasteiger partial charge in [-0.05, 0) is 48.0 Å². The van der Waals surface area contributed by atoms with Crippen LogP contribution in [0.1, 0.15) is 61.3 Å². The van der Waals surface area contributed by atoms with Crippen molar-refractivity contribution in [1.29, 1.82) is 0 Å². The predicted octanol–water partition coefficient (Wildman–Crippen LogP) is 2.86. The molecule has 1 spiro atoms. The summed E-state index contributed by atoms with van der Waals surface area (Å²) in [5.74, 6) is -2.63. The number of ether oxygens (including phenoxy) is 6. The van der Waals surface area contributed by atoms with Crippen LogP contribution in [0.15, 0.2) is 0 Å². The maximum atomic E-state index is 13.0. The number of carbonyl (C=O) groups excluding carboxylic acids is 2. The Morgan fingerprint density at radius 3 is 1.63 bits per heavy atom. The summed E-state index contributed by atoms with van der Waals surface area (Å²) >= 11 is 0. The van der Waals surface area contributed by atoms with Gasteiger partial charge in [0.15, 0.2) is 11.2 Å². The van der Waals surface area contributed by atoms with E-state index in [1.165, 1.54) is 0 Å². The van der Waals surface area contributed by atoms with Crippen molar-refractivity contribution in [3.05, 3.63) is 0 Å². The lowest BCUT2D eigenvalue weighted by molar-refractivity contribution is -0.222. The Morgan fingerprint density at radius 1 is 0.900 bits per heavy atom. The van der Waals surface area contributed by atoms with E-state index in [4.69, 9.17) is 28.4 Å². The van der Waals surface area contributed by atoms with E-state index < -0.39 is 46.6 Å². The first-order chi connectivity index (χ1) is 13.9. The molecule has 1 aliphatic heterocycles. The van der Waals surface area contributed by atoms with Crippen molar-refractivity contribution in [3.63, 3.8) is 0 Å². The number of methoxy groups -OCH3 is 2. The minimum absolute atomic E-state index is 0.0193. The van der Waals surface area contributed by atoms with E-state index in [-0.39, 0.29) is 32.0 Å². The molecule has 1 aliphatic carbocycles. The molecule has 2 aliphatic rings. The van der Waals surface area contributed by atoms with Gasteiger partial charge in [-0.2, -0.15) is 0 Å². The summed E-state index contributed by atoms with van der Waals surface area (Å²) in [5.41, 5.74) is -2.86. The average molecular weight is 431 g/mol. The zero-order valence-electron chi connectivity index (χ0n) is 19.8. The zero-order chi connectivity index (χ0) is 23.0. The van der Waals surface area contributed by atoms with E-state index in [0.29, 0.717) is 0 Å². The first-order valence-electron chi connectivity index (χ1n) is 10.7. The van der Waals surface area contributed by atoms with Crippen molar-refractivity contribution in [3.8, 4) is 0 Å². The summed E-state index contributed by atoms with van der Waals surface area (Å²) in [5, 5.41) is 0. The van der Waals surface area contributed by atoms with Gasteiger partial charge in [0.05, 0.1) is 24.4 Å². The minimum Gasteiger partial charge on any atom is -0.465 e. The van der Waals surface area contributed by atoms with E-state index in [2.05, 4.69) is 0 Å². The second kappa shape index (κ2) is 8.73. The Hall–Kier alpha value is -1.22. The van der Waals surface area contributed by atoms with Crippen molar-refractivity contribution in [1.82, 2.24) is 0 Å². The fourth-order valence-electron chi connectivity index (χ4n) is 4.42. The summed E-state index contributed by atoms with van der Waals surface area (Å²) in [6.07, 6.45) is -0.740. The van der Waals surface area contributed by atoms with Gasteiger partial charge in [-0.1, -0.05) is 6.92 Å². The largest absolute Gasteiger partial charge is 0.465 e. The van der Waals surface area contributed by atoms with Crippen molar-refractivity contribution in [2.45, 2.75) is 90.5 Å². The normalized spacial score (nSPS) is 28.0.